The van der Waals surface area contributed by atoms with E-state index in [1.165, 1.54) is 0 Å². The summed E-state index contributed by atoms with van der Waals surface area (Å²) in [5.74, 6) is 0.580. The van der Waals surface area contributed by atoms with E-state index in [1.54, 1.807) is 10.9 Å². The molecule has 16 heavy (non-hydrogen) atoms. The molecule has 0 unspecified atom stereocenters. The maximum Gasteiger partial charge on any atom is 0.0940 e. The summed E-state index contributed by atoms with van der Waals surface area (Å²) in [6, 6.07) is 0. The van der Waals surface area contributed by atoms with Crippen molar-refractivity contribution in [3.8, 4) is 11.3 Å². The molecule has 0 atom stereocenters. The molecule has 2 aromatic rings. The van der Waals surface area contributed by atoms with Crippen LogP contribution in [0.4, 0.5) is 5.69 Å². The van der Waals surface area contributed by atoms with Crippen LogP contribution in [0.2, 0.25) is 0 Å². The molecule has 0 aliphatic rings. The maximum absolute atomic E-state index is 5.86. The Balaban J connectivity index is 2.32. The number of hydrogen-bond acceptors (Lipinski definition) is 3. The summed E-state index contributed by atoms with van der Waals surface area (Å²) < 4.78 is 3.71. The second kappa shape index (κ2) is 4.00. The van der Waals surface area contributed by atoms with Gasteiger partial charge in [-0.3, -0.25) is 9.36 Å². The van der Waals surface area contributed by atoms with E-state index in [-0.39, 0.29) is 0 Å². The third kappa shape index (κ3) is 1.93. The number of nitrogens with two attached hydrogens (primary N) is 1. The lowest BCUT2D eigenvalue weighted by molar-refractivity contribution is 0.483. The summed E-state index contributed by atoms with van der Waals surface area (Å²) in [6.07, 6.45) is 5.50. The monoisotopic (exact) mass is 219 g/mol. The van der Waals surface area contributed by atoms with Gasteiger partial charge in [-0.15, -0.1) is 0 Å². The summed E-state index contributed by atoms with van der Waals surface area (Å²) in [5, 5.41) is 8.43. The summed E-state index contributed by atoms with van der Waals surface area (Å²) in [7, 11) is 1.88. The van der Waals surface area contributed by atoms with E-state index in [2.05, 4.69) is 24.0 Å². The minimum absolute atomic E-state index is 0.580. The fourth-order valence-electron chi connectivity index (χ4n) is 1.77. The molecule has 5 heteroatoms. The highest BCUT2D eigenvalue weighted by molar-refractivity contribution is 5.71. The van der Waals surface area contributed by atoms with Gasteiger partial charge in [-0.1, -0.05) is 13.8 Å². The van der Waals surface area contributed by atoms with Crippen LogP contribution in [0.3, 0.4) is 0 Å². The molecular weight excluding hydrogens is 202 g/mol. The fraction of sp³-hybridized carbons (Fsp3) is 0.455. The second-order valence-electron chi connectivity index (χ2n) is 4.42. The standard InChI is InChI=1S/C11H17N5/c1-8(2)6-16-7-9(4-14-16)11-10(12)5-13-15(11)3/h4-5,7-8H,6,12H2,1-3H3. The Kier molecular flexibility index (Phi) is 2.68. The van der Waals surface area contributed by atoms with Crippen LogP contribution in [-0.4, -0.2) is 19.6 Å². The van der Waals surface area contributed by atoms with Gasteiger partial charge in [0.1, 0.15) is 0 Å². The van der Waals surface area contributed by atoms with Crippen molar-refractivity contribution >= 4 is 5.69 Å². The lowest BCUT2D eigenvalue weighted by Crippen LogP contribution is -2.04. The van der Waals surface area contributed by atoms with E-state index in [0.29, 0.717) is 11.6 Å². The first kappa shape index (κ1) is 10.7. The quantitative estimate of drug-likeness (QED) is 0.851. The van der Waals surface area contributed by atoms with Crippen molar-refractivity contribution < 1.29 is 0 Å². The molecular formula is C11H17N5. The van der Waals surface area contributed by atoms with E-state index >= 15 is 0 Å². The average Bonchev–Trinajstić information content (AvgIpc) is 2.73. The van der Waals surface area contributed by atoms with Crippen molar-refractivity contribution in [2.75, 3.05) is 5.73 Å². The minimum atomic E-state index is 0.580. The van der Waals surface area contributed by atoms with Crippen LogP contribution in [0.1, 0.15) is 13.8 Å². The van der Waals surface area contributed by atoms with Gasteiger partial charge in [-0.05, 0) is 5.92 Å². The molecule has 86 valence electrons. The molecule has 0 aliphatic heterocycles. The zero-order valence-corrected chi connectivity index (χ0v) is 9.88. The van der Waals surface area contributed by atoms with E-state index in [1.807, 2.05) is 24.1 Å². The second-order valence-corrected chi connectivity index (χ2v) is 4.42. The summed E-state index contributed by atoms with van der Waals surface area (Å²) in [6.45, 7) is 5.25. The Morgan fingerprint density at radius 3 is 2.62 bits per heavy atom. The summed E-state index contributed by atoms with van der Waals surface area (Å²) in [5.41, 5.74) is 8.49. The predicted octanol–water partition coefficient (Wildman–Crippen LogP) is 1.52. The molecule has 0 radical (unpaired) electrons. The van der Waals surface area contributed by atoms with Crippen molar-refractivity contribution in [2.24, 2.45) is 13.0 Å². The molecule has 5 nitrogen and oxygen atoms in total. The zero-order chi connectivity index (χ0) is 11.7. The third-order valence-electron chi connectivity index (χ3n) is 2.43. The molecule has 0 saturated carbocycles. The third-order valence-corrected chi connectivity index (χ3v) is 2.43. The van der Waals surface area contributed by atoms with Crippen LogP contribution in [0.15, 0.2) is 18.6 Å². The lowest BCUT2D eigenvalue weighted by atomic mass is 10.2. The first-order valence-corrected chi connectivity index (χ1v) is 5.38. The molecule has 2 N–H and O–H groups in total. The van der Waals surface area contributed by atoms with Crippen LogP contribution in [0.25, 0.3) is 11.3 Å². The van der Waals surface area contributed by atoms with Gasteiger partial charge in [0.05, 0.1) is 23.8 Å². The van der Waals surface area contributed by atoms with Crippen LogP contribution in [-0.2, 0) is 13.6 Å². The molecule has 2 aromatic heterocycles. The molecule has 0 saturated heterocycles. The van der Waals surface area contributed by atoms with Gasteiger partial charge in [-0.25, -0.2) is 0 Å². The van der Waals surface area contributed by atoms with Crippen molar-refractivity contribution in [3.05, 3.63) is 18.6 Å². The molecule has 2 heterocycles. The van der Waals surface area contributed by atoms with Crippen molar-refractivity contribution in [3.63, 3.8) is 0 Å². The number of hydrogen-bond donors (Lipinski definition) is 1. The number of nitrogen functional groups attached to an aromatic ring is 1. The molecule has 0 aromatic carbocycles. The van der Waals surface area contributed by atoms with Gasteiger partial charge in [-0.2, -0.15) is 10.2 Å². The lowest BCUT2D eigenvalue weighted by Gasteiger charge is -2.03. The Bertz CT molecular complexity index is 461. The van der Waals surface area contributed by atoms with Gasteiger partial charge in [0, 0.05) is 25.4 Å². The zero-order valence-electron chi connectivity index (χ0n) is 9.88. The van der Waals surface area contributed by atoms with Crippen molar-refractivity contribution in [1.29, 1.82) is 0 Å². The predicted molar refractivity (Wildman–Crippen MR) is 63.7 cm³/mol. The highest BCUT2D eigenvalue weighted by Gasteiger charge is 2.10. The SMILES string of the molecule is CC(C)Cn1cc(-c2c(N)cnn2C)cn1. The number of rotatable bonds is 3. The Morgan fingerprint density at radius 2 is 2.06 bits per heavy atom. The van der Waals surface area contributed by atoms with E-state index in [0.717, 1.165) is 17.8 Å². The van der Waals surface area contributed by atoms with Gasteiger partial charge in [0.2, 0.25) is 0 Å². The normalized spacial score (nSPS) is 11.2. The smallest absolute Gasteiger partial charge is 0.0940 e. The summed E-state index contributed by atoms with van der Waals surface area (Å²) >= 11 is 0. The van der Waals surface area contributed by atoms with Crippen LogP contribution in [0, 0.1) is 5.92 Å². The van der Waals surface area contributed by atoms with Crippen molar-refractivity contribution in [1.82, 2.24) is 19.6 Å². The van der Waals surface area contributed by atoms with E-state index in [4.69, 9.17) is 5.73 Å². The van der Waals surface area contributed by atoms with Crippen LogP contribution in [0.5, 0.6) is 0 Å². The van der Waals surface area contributed by atoms with Gasteiger partial charge in [0.15, 0.2) is 0 Å². The van der Waals surface area contributed by atoms with Crippen LogP contribution < -0.4 is 5.73 Å². The molecule has 0 bridgehead atoms. The van der Waals surface area contributed by atoms with E-state index in [9.17, 15) is 0 Å². The highest BCUT2D eigenvalue weighted by Crippen LogP contribution is 2.24. The Hall–Kier alpha value is -1.78. The van der Waals surface area contributed by atoms with E-state index < -0.39 is 0 Å². The first-order valence-electron chi connectivity index (χ1n) is 5.38. The highest BCUT2D eigenvalue weighted by atomic mass is 15.3. The maximum atomic E-state index is 5.86. The molecule has 0 fully saturated rings. The number of aromatic nitrogens is 4. The van der Waals surface area contributed by atoms with Crippen LogP contribution >= 0.6 is 0 Å². The Morgan fingerprint density at radius 1 is 1.31 bits per heavy atom. The first-order chi connectivity index (χ1) is 7.58. The summed E-state index contributed by atoms with van der Waals surface area (Å²) in [4.78, 5) is 0. The molecule has 0 aliphatic carbocycles. The Labute approximate surface area is 94.9 Å². The molecule has 0 spiro atoms. The van der Waals surface area contributed by atoms with Crippen molar-refractivity contribution in [2.45, 2.75) is 20.4 Å². The fourth-order valence-corrected chi connectivity index (χ4v) is 1.77. The topological polar surface area (TPSA) is 61.7 Å². The molecule has 2 rings (SSSR count). The van der Waals surface area contributed by atoms with Gasteiger partial charge >= 0.3 is 0 Å². The van der Waals surface area contributed by atoms with Gasteiger partial charge < -0.3 is 5.73 Å². The minimum Gasteiger partial charge on any atom is -0.396 e. The average molecular weight is 219 g/mol. The number of nitrogens with zero attached hydrogens (tertiary/aromatic N) is 4. The number of anilines is 1. The number of aryl methyl sites for hydroxylation is 1. The molecule has 0 amide bonds. The largest absolute Gasteiger partial charge is 0.396 e. The van der Waals surface area contributed by atoms with Gasteiger partial charge in [0.25, 0.3) is 0 Å².